The molecule has 3 aliphatic carbocycles. The van der Waals surface area contributed by atoms with Gasteiger partial charge in [0, 0.05) is 11.1 Å². The molecule has 2 heterocycles. The third-order valence-corrected chi connectivity index (χ3v) is 8.34. The highest BCUT2D eigenvalue weighted by Gasteiger charge is 2.63. The van der Waals surface area contributed by atoms with Crippen molar-refractivity contribution in [2.45, 2.75) is 25.3 Å². The number of amides is 1. The molecule has 1 amide bonds. The Morgan fingerprint density at radius 1 is 0.977 bits per heavy atom. The van der Waals surface area contributed by atoms with Gasteiger partial charge in [0.2, 0.25) is 0 Å². The maximum atomic E-state index is 15.0. The van der Waals surface area contributed by atoms with Crippen molar-refractivity contribution in [2.24, 2.45) is 0 Å². The van der Waals surface area contributed by atoms with Crippen LogP contribution in [0.25, 0.3) is 23.4 Å². The molecule has 1 unspecified atom stereocenters. The normalized spacial score (nSPS) is 20.0. The van der Waals surface area contributed by atoms with Crippen LogP contribution in [0.4, 0.5) is 0 Å². The fraction of sp³-hybridized carbons (Fsp3) is 0.167. The maximum absolute atomic E-state index is 15.0. The Morgan fingerprint density at radius 3 is 2.44 bits per heavy atom. The van der Waals surface area contributed by atoms with E-state index in [2.05, 4.69) is 6.08 Å². The lowest BCUT2D eigenvalue weighted by Crippen LogP contribution is -2.50. The molecule has 212 valence electrons. The average Bonchev–Trinajstić information content (AvgIpc) is 3.52. The van der Waals surface area contributed by atoms with Crippen LogP contribution in [0.5, 0.6) is 0 Å². The van der Waals surface area contributed by atoms with E-state index in [4.69, 9.17) is 14.5 Å². The lowest BCUT2D eigenvalue weighted by atomic mass is 9.69. The topological polar surface area (TPSA) is 85.8 Å². The van der Waals surface area contributed by atoms with Crippen molar-refractivity contribution in [3.8, 4) is 0 Å². The number of ketones is 1. The van der Waals surface area contributed by atoms with Crippen molar-refractivity contribution in [1.29, 1.82) is 0 Å². The molecule has 0 bridgehead atoms. The van der Waals surface area contributed by atoms with Crippen molar-refractivity contribution in [3.63, 3.8) is 0 Å². The van der Waals surface area contributed by atoms with E-state index >= 15 is 0 Å². The minimum absolute atomic E-state index is 0.0137. The number of pyridine rings is 1. The highest BCUT2D eigenvalue weighted by molar-refractivity contribution is 6.31. The lowest BCUT2D eigenvalue weighted by Gasteiger charge is -2.31. The van der Waals surface area contributed by atoms with Crippen LogP contribution in [0.15, 0.2) is 102 Å². The fourth-order valence-electron chi connectivity index (χ4n) is 6.52. The first-order valence-corrected chi connectivity index (χ1v) is 14.3. The number of carbonyl (C=O) groups is 3. The zero-order valence-corrected chi connectivity index (χ0v) is 23.8. The molecule has 43 heavy (non-hydrogen) atoms. The minimum atomic E-state index is -2.02. The van der Waals surface area contributed by atoms with Crippen LogP contribution in [-0.4, -0.2) is 41.3 Å². The van der Waals surface area contributed by atoms with Gasteiger partial charge in [0.05, 0.1) is 42.9 Å². The van der Waals surface area contributed by atoms with Gasteiger partial charge in [0.25, 0.3) is 5.91 Å². The van der Waals surface area contributed by atoms with Gasteiger partial charge in [-0.3, -0.25) is 9.59 Å². The van der Waals surface area contributed by atoms with E-state index in [-0.39, 0.29) is 24.4 Å². The summed E-state index contributed by atoms with van der Waals surface area (Å²) in [7, 11) is 1.61. The van der Waals surface area contributed by atoms with Crippen molar-refractivity contribution >= 4 is 41.1 Å². The molecule has 1 spiro atoms. The van der Waals surface area contributed by atoms with Crippen molar-refractivity contribution in [2.75, 3.05) is 13.7 Å². The van der Waals surface area contributed by atoms with Crippen molar-refractivity contribution in [3.05, 3.63) is 136 Å². The van der Waals surface area contributed by atoms with E-state index in [1.165, 1.54) is 6.08 Å². The summed E-state index contributed by atoms with van der Waals surface area (Å²) in [6.45, 7) is 1.93. The molecule has 0 N–H and O–H groups in total. The Balaban J connectivity index is 1.54. The van der Waals surface area contributed by atoms with E-state index < -0.39 is 23.1 Å². The molecular formula is C36H28N2O5. The largest absolute Gasteiger partial charge is 0.496 e. The first kappa shape index (κ1) is 26.6. The van der Waals surface area contributed by atoms with Crippen LogP contribution in [0, 0.1) is 0 Å². The molecule has 7 nitrogen and oxygen atoms in total. The molecule has 2 aromatic carbocycles. The number of nitrogens with zero attached hydrogens (tertiary/aromatic N) is 2. The first-order valence-electron chi connectivity index (χ1n) is 14.3. The molecule has 3 aromatic rings. The minimum Gasteiger partial charge on any atom is -0.496 e. The van der Waals surface area contributed by atoms with Gasteiger partial charge in [-0.15, -0.1) is 0 Å². The Labute approximate surface area is 249 Å². The predicted molar refractivity (Wildman–Crippen MR) is 163 cm³/mol. The molecule has 1 atom stereocenters. The maximum Gasteiger partial charge on any atom is 0.338 e. The van der Waals surface area contributed by atoms with Crippen LogP contribution in [-0.2, 0) is 35.8 Å². The fourth-order valence-corrected chi connectivity index (χ4v) is 6.52. The van der Waals surface area contributed by atoms with Crippen LogP contribution in [0.3, 0.4) is 0 Å². The molecule has 1 aromatic heterocycles. The molecule has 0 fully saturated rings. The number of methoxy groups -OCH3 is 1. The van der Waals surface area contributed by atoms with Crippen LogP contribution >= 0.6 is 0 Å². The molecule has 0 radical (unpaired) electrons. The van der Waals surface area contributed by atoms with Gasteiger partial charge in [0.1, 0.15) is 5.76 Å². The second kappa shape index (κ2) is 10.2. The number of ether oxygens (including phenoxy) is 2. The lowest BCUT2D eigenvalue weighted by molar-refractivity contribution is -0.144. The van der Waals surface area contributed by atoms with Crippen molar-refractivity contribution in [1.82, 2.24) is 9.88 Å². The Morgan fingerprint density at radius 2 is 1.72 bits per heavy atom. The molecule has 4 aliphatic rings. The van der Waals surface area contributed by atoms with E-state index in [1.807, 2.05) is 78.9 Å². The summed E-state index contributed by atoms with van der Waals surface area (Å²) in [6, 6.07) is 20.6. The molecule has 0 saturated carbocycles. The zero-order valence-electron chi connectivity index (χ0n) is 23.8. The first-order chi connectivity index (χ1) is 21.0. The summed E-state index contributed by atoms with van der Waals surface area (Å²) in [5.41, 5.74) is 3.98. The standard InChI is InChI=1S/C36H28N2O5/c1-3-43-34(40)30-32(23-13-8-5-9-14-23)38(21-22-11-6-4-7-12-22)35(41)36(30)28(39)18-17-25-20-26-19-24-15-10-16-27(42-2)29(24)31(26)37-33(25)36/h4-14,16-20H,3,15,21H2,1-2H3. The van der Waals surface area contributed by atoms with Crippen molar-refractivity contribution < 1.29 is 23.9 Å². The molecular weight excluding hydrogens is 540 g/mol. The van der Waals surface area contributed by atoms with Gasteiger partial charge in [0.15, 0.2) is 11.2 Å². The second-order valence-corrected chi connectivity index (χ2v) is 10.7. The average molecular weight is 569 g/mol. The van der Waals surface area contributed by atoms with Gasteiger partial charge < -0.3 is 14.4 Å². The highest BCUT2D eigenvalue weighted by atomic mass is 16.5. The van der Waals surface area contributed by atoms with Gasteiger partial charge in [-0.25, -0.2) is 9.78 Å². The monoisotopic (exact) mass is 568 g/mol. The van der Waals surface area contributed by atoms with Gasteiger partial charge in [-0.1, -0.05) is 66.7 Å². The van der Waals surface area contributed by atoms with E-state index in [0.717, 1.165) is 22.3 Å². The summed E-state index contributed by atoms with van der Waals surface area (Å²) in [5.74, 6) is -1.12. The third kappa shape index (κ3) is 3.88. The number of carbonyl (C=O) groups excluding carboxylic acids is 3. The number of rotatable bonds is 6. The Kier molecular flexibility index (Phi) is 6.31. The number of aromatic nitrogens is 1. The third-order valence-electron chi connectivity index (χ3n) is 8.34. The molecule has 0 saturated heterocycles. The smallest absolute Gasteiger partial charge is 0.338 e. The van der Waals surface area contributed by atoms with E-state index in [9.17, 15) is 14.4 Å². The summed E-state index contributed by atoms with van der Waals surface area (Å²) in [5, 5.41) is 0. The molecule has 7 heteroatoms. The van der Waals surface area contributed by atoms with E-state index in [1.54, 1.807) is 25.0 Å². The number of esters is 1. The summed E-state index contributed by atoms with van der Waals surface area (Å²) < 4.78 is 11.3. The Bertz CT molecular complexity index is 1860. The van der Waals surface area contributed by atoms with Gasteiger partial charge in [-0.05, 0) is 66.0 Å². The number of hydrogen-bond donors (Lipinski definition) is 0. The van der Waals surface area contributed by atoms with E-state index in [0.29, 0.717) is 34.7 Å². The zero-order chi connectivity index (χ0) is 29.7. The predicted octanol–water partition coefficient (Wildman–Crippen LogP) is 5.65. The summed E-state index contributed by atoms with van der Waals surface area (Å²) >= 11 is 0. The Hall–Kier alpha value is -5.30. The van der Waals surface area contributed by atoms with Crippen LogP contribution in [0.1, 0.15) is 47.0 Å². The van der Waals surface area contributed by atoms with Crippen LogP contribution in [0.2, 0.25) is 0 Å². The second-order valence-electron chi connectivity index (χ2n) is 10.7. The number of benzene rings is 2. The number of allylic oxidation sites excluding steroid dienone is 5. The SMILES string of the molecule is CCOC(=O)C1=C(c2ccccc2)N(Cc2ccccc2)C(=O)C12C(=O)C=Cc1cc3c(nc12)C1=C(OC)C=CCC1=C3. The summed E-state index contributed by atoms with van der Waals surface area (Å²) in [6.07, 6.45) is 9.77. The number of fused-ring (bicyclic) bond motifs is 5. The quantitative estimate of drug-likeness (QED) is 0.282. The molecule has 1 aliphatic heterocycles. The molecule has 7 rings (SSSR count). The summed E-state index contributed by atoms with van der Waals surface area (Å²) in [4.78, 5) is 50.0. The highest BCUT2D eigenvalue weighted by Crippen LogP contribution is 2.52. The number of hydrogen-bond acceptors (Lipinski definition) is 6. The van der Waals surface area contributed by atoms with Gasteiger partial charge in [-0.2, -0.15) is 0 Å². The van der Waals surface area contributed by atoms with Gasteiger partial charge >= 0.3 is 5.97 Å². The van der Waals surface area contributed by atoms with Crippen LogP contribution < -0.4 is 0 Å².